The molecule has 5 nitrogen and oxygen atoms in total. The second kappa shape index (κ2) is 5.55. The summed E-state index contributed by atoms with van der Waals surface area (Å²) in [5, 5.41) is 9.09. The number of hydrogen-bond donors (Lipinski definition) is 2. The van der Waals surface area contributed by atoms with E-state index in [2.05, 4.69) is 20.5 Å². The van der Waals surface area contributed by atoms with E-state index in [4.69, 9.17) is 0 Å². The Morgan fingerprint density at radius 1 is 1.38 bits per heavy atom. The monoisotopic (exact) mass is 298 g/mol. The molecule has 0 unspecified atom stereocenters. The number of carbonyl (C=O) groups is 1. The second-order valence-corrected chi connectivity index (χ2v) is 4.61. The number of nitrogens with zero attached hydrogens (tertiary/aromatic N) is 2. The predicted octanol–water partition coefficient (Wildman–Crippen LogP) is 2.62. The van der Waals surface area contributed by atoms with Gasteiger partial charge in [-0.25, -0.2) is 0 Å². The van der Waals surface area contributed by atoms with E-state index in [1.54, 1.807) is 19.9 Å². The highest BCUT2D eigenvalue weighted by Gasteiger charge is 2.32. The fraction of sp³-hybridized carbons (Fsp3) is 0.308. The van der Waals surface area contributed by atoms with Gasteiger partial charge in [-0.2, -0.15) is 18.3 Å². The van der Waals surface area contributed by atoms with Crippen molar-refractivity contribution in [2.24, 2.45) is 0 Å². The second-order valence-electron chi connectivity index (χ2n) is 4.61. The maximum absolute atomic E-state index is 12.4. The third kappa shape index (κ3) is 3.59. The van der Waals surface area contributed by atoms with Gasteiger partial charge in [-0.1, -0.05) is 6.07 Å². The summed E-state index contributed by atoms with van der Waals surface area (Å²) in [4.78, 5) is 15.2. The number of rotatable bonds is 3. The Morgan fingerprint density at radius 2 is 2.10 bits per heavy atom. The lowest BCUT2D eigenvalue weighted by Crippen LogP contribution is -2.27. The van der Waals surface area contributed by atoms with Gasteiger partial charge in [-0.05, 0) is 31.5 Å². The number of pyridine rings is 1. The SMILES string of the molecule is Cc1cc(C(=O)N[C@H](C)c2ccc(C(F)(F)F)nc2)n[nH]1. The molecule has 1 amide bonds. The molecule has 0 bridgehead atoms. The van der Waals surface area contributed by atoms with Gasteiger partial charge < -0.3 is 5.32 Å². The molecule has 0 aromatic carbocycles. The molecule has 0 aliphatic carbocycles. The van der Waals surface area contributed by atoms with Crippen molar-refractivity contribution in [1.29, 1.82) is 0 Å². The van der Waals surface area contributed by atoms with Gasteiger partial charge in [-0.15, -0.1) is 0 Å². The smallest absolute Gasteiger partial charge is 0.344 e. The number of amides is 1. The van der Waals surface area contributed by atoms with Crippen LogP contribution in [0.15, 0.2) is 24.4 Å². The first-order valence-corrected chi connectivity index (χ1v) is 6.13. The van der Waals surface area contributed by atoms with Crippen LogP contribution in [0.4, 0.5) is 13.2 Å². The zero-order chi connectivity index (χ0) is 15.6. The summed E-state index contributed by atoms with van der Waals surface area (Å²) in [5.41, 5.74) is 0.472. The number of halogens is 3. The van der Waals surface area contributed by atoms with Crippen LogP contribution in [0, 0.1) is 6.92 Å². The molecule has 2 aromatic heterocycles. The first-order chi connectivity index (χ1) is 9.77. The molecule has 2 rings (SSSR count). The number of nitrogens with one attached hydrogen (secondary N) is 2. The topological polar surface area (TPSA) is 70.7 Å². The van der Waals surface area contributed by atoms with Gasteiger partial charge in [-0.3, -0.25) is 14.9 Å². The molecule has 2 heterocycles. The minimum atomic E-state index is -4.47. The fourth-order valence-corrected chi connectivity index (χ4v) is 1.72. The van der Waals surface area contributed by atoms with Gasteiger partial charge >= 0.3 is 6.18 Å². The van der Waals surface area contributed by atoms with E-state index in [1.807, 2.05) is 0 Å². The van der Waals surface area contributed by atoms with E-state index < -0.39 is 23.8 Å². The number of aromatic nitrogens is 3. The normalized spacial score (nSPS) is 13.0. The van der Waals surface area contributed by atoms with Gasteiger partial charge in [0.2, 0.25) is 0 Å². The molecule has 0 fully saturated rings. The summed E-state index contributed by atoms with van der Waals surface area (Å²) in [6, 6.07) is 3.27. The molecular formula is C13H13F3N4O. The lowest BCUT2D eigenvalue weighted by molar-refractivity contribution is -0.141. The van der Waals surface area contributed by atoms with Crippen LogP contribution >= 0.6 is 0 Å². The Labute approximate surface area is 118 Å². The van der Waals surface area contributed by atoms with Crippen LogP contribution in [-0.2, 0) is 6.18 Å². The first kappa shape index (κ1) is 15.0. The molecule has 0 radical (unpaired) electrons. The van der Waals surface area contributed by atoms with Crippen LogP contribution in [0.3, 0.4) is 0 Å². The van der Waals surface area contributed by atoms with Crippen molar-refractivity contribution in [3.8, 4) is 0 Å². The number of carbonyl (C=O) groups excluding carboxylic acids is 1. The Morgan fingerprint density at radius 3 is 2.57 bits per heavy atom. The third-order valence-corrected chi connectivity index (χ3v) is 2.86. The van der Waals surface area contributed by atoms with E-state index in [1.165, 1.54) is 6.07 Å². The zero-order valence-corrected chi connectivity index (χ0v) is 11.3. The van der Waals surface area contributed by atoms with Crippen molar-refractivity contribution in [3.05, 3.63) is 47.0 Å². The molecule has 0 saturated carbocycles. The van der Waals surface area contributed by atoms with Crippen molar-refractivity contribution in [2.45, 2.75) is 26.1 Å². The summed E-state index contributed by atoms with van der Waals surface area (Å²) in [7, 11) is 0. The van der Waals surface area contributed by atoms with Gasteiger partial charge in [0.25, 0.3) is 5.91 Å². The maximum Gasteiger partial charge on any atom is 0.433 e. The molecular weight excluding hydrogens is 285 g/mol. The average Bonchev–Trinajstić information content (AvgIpc) is 2.84. The van der Waals surface area contributed by atoms with Gasteiger partial charge in [0, 0.05) is 11.9 Å². The molecule has 21 heavy (non-hydrogen) atoms. The summed E-state index contributed by atoms with van der Waals surface area (Å²) >= 11 is 0. The quantitative estimate of drug-likeness (QED) is 0.915. The lowest BCUT2D eigenvalue weighted by atomic mass is 10.1. The van der Waals surface area contributed by atoms with Crippen LogP contribution in [0.5, 0.6) is 0 Å². The largest absolute Gasteiger partial charge is 0.433 e. The predicted molar refractivity (Wildman–Crippen MR) is 68.4 cm³/mol. The van der Waals surface area contributed by atoms with Crippen molar-refractivity contribution < 1.29 is 18.0 Å². The average molecular weight is 298 g/mol. The number of alkyl halides is 3. The Kier molecular flexibility index (Phi) is 3.97. The fourth-order valence-electron chi connectivity index (χ4n) is 1.72. The number of hydrogen-bond acceptors (Lipinski definition) is 3. The third-order valence-electron chi connectivity index (χ3n) is 2.86. The highest BCUT2D eigenvalue weighted by molar-refractivity contribution is 5.92. The van der Waals surface area contributed by atoms with Crippen LogP contribution < -0.4 is 5.32 Å². The summed E-state index contributed by atoms with van der Waals surface area (Å²) in [5.74, 6) is -0.410. The van der Waals surface area contributed by atoms with Crippen LogP contribution in [0.1, 0.15) is 40.4 Å². The maximum atomic E-state index is 12.4. The van der Waals surface area contributed by atoms with Crippen molar-refractivity contribution >= 4 is 5.91 Å². The molecule has 2 N–H and O–H groups in total. The van der Waals surface area contributed by atoms with E-state index in [0.29, 0.717) is 5.56 Å². The van der Waals surface area contributed by atoms with Gasteiger partial charge in [0.15, 0.2) is 0 Å². The first-order valence-electron chi connectivity index (χ1n) is 6.13. The Bertz CT molecular complexity index is 634. The molecule has 8 heteroatoms. The van der Waals surface area contributed by atoms with Crippen LogP contribution in [0.25, 0.3) is 0 Å². The van der Waals surface area contributed by atoms with Crippen LogP contribution in [0.2, 0.25) is 0 Å². The van der Waals surface area contributed by atoms with Crippen LogP contribution in [-0.4, -0.2) is 21.1 Å². The molecule has 0 saturated heterocycles. The summed E-state index contributed by atoms with van der Waals surface area (Å²) in [6.45, 7) is 3.41. The summed E-state index contributed by atoms with van der Waals surface area (Å²) in [6.07, 6.45) is -3.37. The van der Waals surface area contributed by atoms with Crippen molar-refractivity contribution in [3.63, 3.8) is 0 Å². The standard InChI is InChI=1S/C13H13F3N4O/c1-7-5-10(20-19-7)12(21)18-8(2)9-3-4-11(17-6-9)13(14,15)16/h3-6,8H,1-2H3,(H,18,21)(H,19,20)/t8-/m1/s1. The molecule has 0 spiro atoms. The van der Waals surface area contributed by atoms with Crippen molar-refractivity contribution in [2.75, 3.05) is 0 Å². The Hall–Kier alpha value is -2.38. The molecule has 0 aliphatic heterocycles. The number of aromatic amines is 1. The zero-order valence-electron chi connectivity index (χ0n) is 11.3. The molecule has 2 aromatic rings. The molecule has 1 atom stereocenters. The lowest BCUT2D eigenvalue weighted by Gasteiger charge is -2.14. The number of aryl methyl sites for hydroxylation is 1. The van der Waals surface area contributed by atoms with E-state index >= 15 is 0 Å². The highest BCUT2D eigenvalue weighted by Crippen LogP contribution is 2.27. The Balaban J connectivity index is 2.06. The van der Waals surface area contributed by atoms with E-state index in [0.717, 1.165) is 18.0 Å². The molecule has 0 aliphatic rings. The molecule has 112 valence electrons. The van der Waals surface area contributed by atoms with Crippen molar-refractivity contribution in [1.82, 2.24) is 20.5 Å². The minimum Gasteiger partial charge on any atom is -0.344 e. The van der Waals surface area contributed by atoms with Gasteiger partial charge in [0.1, 0.15) is 11.4 Å². The number of H-pyrrole nitrogens is 1. The van der Waals surface area contributed by atoms with E-state index in [9.17, 15) is 18.0 Å². The van der Waals surface area contributed by atoms with E-state index in [-0.39, 0.29) is 5.69 Å². The summed E-state index contributed by atoms with van der Waals surface area (Å²) < 4.78 is 37.2. The minimum absolute atomic E-state index is 0.222. The highest BCUT2D eigenvalue weighted by atomic mass is 19.4. The van der Waals surface area contributed by atoms with Gasteiger partial charge in [0.05, 0.1) is 6.04 Å².